The SMILES string of the molecule is C[C@H](Cn1ccnc1)NC(=O)[C@@H]1CCCN(Cc2cccc(F)c2)C1. The van der Waals surface area contributed by atoms with Crippen LogP contribution in [0.4, 0.5) is 4.39 Å². The number of carbonyl (C=O) groups excluding carboxylic acids is 1. The number of halogens is 1. The van der Waals surface area contributed by atoms with Crippen LogP contribution in [0.5, 0.6) is 0 Å². The number of benzene rings is 1. The van der Waals surface area contributed by atoms with Gasteiger partial charge in [0.25, 0.3) is 0 Å². The summed E-state index contributed by atoms with van der Waals surface area (Å²) in [5.74, 6) is -0.110. The van der Waals surface area contributed by atoms with Crippen molar-refractivity contribution in [2.45, 2.75) is 38.9 Å². The number of piperidine rings is 1. The molecule has 0 radical (unpaired) electrons. The standard InChI is InChI=1S/C19H25FN4O/c1-15(11-24-9-7-21-14-24)22-19(25)17-5-3-8-23(13-17)12-16-4-2-6-18(20)10-16/h2,4,6-7,9-10,14-15,17H,3,5,8,11-13H2,1H3,(H,22,25)/t15-,17-/m1/s1. The van der Waals surface area contributed by atoms with Crippen molar-refractivity contribution in [3.63, 3.8) is 0 Å². The molecule has 2 atom stereocenters. The molecule has 0 aliphatic carbocycles. The molecule has 6 heteroatoms. The van der Waals surface area contributed by atoms with Gasteiger partial charge >= 0.3 is 0 Å². The molecule has 3 rings (SSSR count). The zero-order valence-corrected chi connectivity index (χ0v) is 14.6. The fourth-order valence-corrected chi connectivity index (χ4v) is 3.42. The molecule has 1 fully saturated rings. The lowest BCUT2D eigenvalue weighted by Crippen LogP contribution is -2.45. The van der Waals surface area contributed by atoms with Gasteiger partial charge in [0, 0.05) is 38.1 Å². The molecule has 1 aliphatic heterocycles. The fourth-order valence-electron chi connectivity index (χ4n) is 3.42. The summed E-state index contributed by atoms with van der Waals surface area (Å²) in [6, 6.07) is 6.74. The quantitative estimate of drug-likeness (QED) is 0.876. The molecule has 0 saturated carbocycles. The highest BCUT2D eigenvalue weighted by Gasteiger charge is 2.26. The summed E-state index contributed by atoms with van der Waals surface area (Å²) in [4.78, 5) is 18.8. The third kappa shape index (κ3) is 5.13. The Bertz CT molecular complexity index is 688. The van der Waals surface area contributed by atoms with Crippen molar-refractivity contribution in [1.82, 2.24) is 19.8 Å². The van der Waals surface area contributed by atoms with E-state index in [2.05, 4.69) is 15.2 Å². The van der Waals surface area contributed by atoms with E-state index in [1.807, 2.05) is 23.8 Å². The lowest BCUT2D eigenvalue weighted by atomic mass is 9.96. The second-order valence-electron chi connectivity index (χ2n) is 6.87. The van der Waals surface area contributed by atoms with Gasteiger partial charge in [-0.3, -0.25) is 9.69 Å². The number of rotatable bonds is 6. The van der Waals surface area contributed by atoms with E-state index in [0.717, 1.165) is 31.5 Å². The maximum Gasteiger partial charge on any atom is 0.224 e. The van der Waals surface area contributed by atoms with E-state index in [9.17, 15) is 9.18 Å². The second kappa shape index (κ2) is 8.25. The van der Waals surface area contributed by atoms with Crippen LogP contribution in [0.1, 0.15) is 25.3 Å². The smallest absolute Gasteiger partial charge is 0.224 e. The lowest BCUT2D eigenvalue weighted by molar-refractivity contribution is -0.127. The van der Waals surface area contributed by atoms with Gasteiger partial charge in [-0.15, -0.1) is 0 Å². The maximum atomic E-state index is 13.3. The van der Waals surface area contributed by atoms with Crippen molar-refractivity contribution in [2.75, 3.05) is 13.1 Å². The molecule has 1 saturated heterocycles. The molecule has 0 spiro atoms. The number of nitrogens with zero attached hydrogens (tertiary/aromatic N) is 3. The first-order valence-corrected chi connectivity index (χ1v) is 8.83. The van der Waals surface area contributed by atoms with Gasteiger partial charge in [0.1, 0.15) is 5.82 Å². The van der Waals surface area contributed by atoms with Crippen molar-refractivity contribution in [1.29, 1.82) is 0 Å². The third-order valence-corrected chi connectivity index (χ3v) is 4.60. The van der Waals surface area contributed by atoms with E-state index in [0.29, 0.717) is 13.1 Å². The van der Waals surface area contributed by atoms with E-state index >= 15 is 0 Å². The van der Waals surface area contributed by atoms with E-state index < -0.39 is 0 Å². The summed E-state index contributed by atoms with van der Waals surface area (Å²) >= 11 is 0. The van der Waals surface area contributed by atoms with Crippen LogP contribution in [0, 0.1) is 11.7 Å². The van der Waals surface area contributed by atoms with Crippen LogP contribution in [0.25, 0.3) is 0 Å². The normalized spacial score (nSPS) is 19.5. The molecule has 0 bridgehead atoms. The first-order chi connectivity index (χ1) is 12.1. The zero-order valence-electron chi connectivity index (χ0n) is 14.6. The van der Waals surface area contributed by atoms with Gasteiger partial charge in [-0.05, 0) is 44.0 Å². The van der Waals surface area contributed by atoms with Gasteiger partial charge in [0.2, 0.25) is 5.91 Å². The minimum atomic E-state index is -0.211. The second-order valence-corrected chi connectivity index (χ2v) is 6.87. The largest absolute Gasteiger partial charge is 0.352 e. The summed E-state index contributed by atoms with van der Waals surface area (Å²) in [6.07, 6.45) is 7.28. The number of imidazole rings is 1. The molecule has 5 nitrogen and oxygen atoms in total. The van der Waals surface area contributed by atoms with Crippen LogP contribution in [-0.2, 0) is 17.9 Å². The van der Waals surface area contributed by atoms with E-state index in [4.69, 9.17) is 0 Å². The predicted octanol–water partition coefficient (Wildman–Crippen LogP) is 2.44. The zero-order chi connectivity index (χ0) is 17.6. The van der Waals surface area contributed by atoms with Crippen LogP contribution >= 0.6 is 0 Å². The number of amides is 1. The molecule has 1 aromatic heterocycles. The Hall–Kier alpha value is -2.21. The molecular weight excluding hydrogens is 319 g/mol. The van der Waals surface area contributed by atoms with E-state index in [1.165, 1.54) is 6.07 Å². The first-order valence-electron chi connectivity index (χ1n) is 8.83. The van der Waals surface area contributed by atoms with Crippen LogP contribution in [0.15, 0.2) is 43.0 Å². The summed E-state index contributed by atoms with van der Waals surface area (Å²) in [6.45, 7) is 5.08. The van der Waals surface area contributed by atoms with Gasteiger partial charge in [-0.25, -0.2) is 9.37 Å². The maximum absolute atomic E-state index is 13.3. The number of hydrogen-bond donors (Lipinski definition) is 1. The summed E-state index contributed by atoms with van der Waals surface area (Å²) in [5, 5.41) is 3.11. The first kappa shape index (κ1) is 17.6. The highest BCUT2D eigenvalue weighted by atomic mass is 19.1. The lowest BCUT2D eigenvalue weighted by Gasteiger charge is -2.32. The molecule has 1 N–H and O–H groups in total. The van der Waals surface area contributed by atoms with Crippen molar-refractivity contribution >= 4 is 5.91 Å². The van der Waals surface area contributed by atoms with Crippen LogP contribution in [-0.4, -0.2) is 39.5 Å². The van der Waals surface area contributed by atoms with Crippen molar-refractivity contribution < 1.29 is 9.18 Å². The number of likely N-dealkylation sites (tertiary alicyclic amines) is 1. The van der Waals surface area contributed by atoms with Gasteiger partial charge in [-0.2, -0.15) is 0 Å². The summed E-state index contributed by atoms with van der Waals surface area (Å²) < 4.78 is 15.3. The summed E-state index contributed by atoms with van der Waals surface area (Å²) in [5.41, 5.74) is 0.953. The van der Waals surface area contributed by atoms with Crippen molar-refractivity contribution in [3.8, 4) is 0 Å². The van der Waals surface area contributed by atoms with Gasteiger partial charge in [0.15, 0.2) is 0 Å². The molecule has 25 heavy (non-hydrogen) atoms. The molecule has 134 valence electrons. The molecule has 2 heterocycles. The van der Waals surface area contributed by atoms with E-state index in [1.54, 1.807) is 24.7 Å². The Balaban J connectivity index is 1.50. The minimum absolute atomic E-state index is 0.00690. The molecule has 0 unspecified atom stereocenters. The Kier molecular flexibility index (Phi) is 5.81. The highest BCUT2D eigenvalue weighted by molar-refractivity contribution is 5.79. The van der Waals surface area contributed by atoms with E-state index in [-0.39, 0.29) is 23.7 Å². The topological polar surface area (TPSA) is 50.2 Å². The molecular formula is C19H25FN4O. The molecule has 1 aliphatic rings. The van der Waals surface area contributed by atoms with Crippen molar-refractivity contribution in [3.05, 3.63) is 54.4 Å². The Morgan fingerprint density at radius 3 is 3.12 bits per heavy atom. The van der Waals surface area contributed by atoms with Crippen LogP contribution in [0.2, 0.25) is 0 Å². The van der Waals surface area contributed by atoms with Crippen molar-refractivity contribution in [2.24, 2.45) is 5.92 Å². The number of hydrogen-bond acceptors (Lipinski definition) is 3. The monoisotopic (exact) mass is 344 g/mol. The number of aromatic nitrogens is 2. The molecule has 1 amide bonds. The third-order valence-electron chi connectivity index (χ3n) is 4.60. The van der Waals surface area contributed by atoms with Crippen LogP contribution in [0.3, 0.4) is 0 Å². The van der Waals surface area contributed by atoms with Gasteiger partial charge in [0.05, 0.1) is 12.2 Å². The Morgan fingerprint density at radius 2 is 2.36 bits per heavy atom. The molecule has 1 aromatic carbocycles. The molecule has 2 aromatic rings. The Morgan fingerprint density at radius 1 is 1.48 bits per heavy atom. The van der Waals surface area contributed by atoms with Gasteiger partial charge < -0.3 is 9.88 Å². The fraction of sp³-hybridized carbons (Fsp3) is 0.474. The average molecular weight is 344 g/mol. The number of nitrogens with one attached hydrogen (secondary N) is 1. The predicted molar refractivity (Wildman–Crippen MR) is 94.2 cm³/mol. The summed E-state index contributed by atoms with van der Waals surface area (Å²) in [7, 11) is 0. The Labute approximate surface area is 147 Å². The van der Waals surface area contributed by atoms with Gasteiger partial charge in [-0.1, -0.05) is 12.1 Å². The minimum Gasteiger partial charge on any atom is -0.352 e. The number of carbonyl (C=O) groups is 1. The average Bonchev–Trinajstić information content (AvgIpc) is 3.08. The van der Waals surface area contributed by atoms with Crippen LogP contribution < -0.4 is 5.32 Å². The highest BCUT2D eigenvalue weighted by Crippen LogP contribution is 2.19.